The molecule has 3 rings (SSSR count). The van der Waals surface area contributed by atoms with Gasteiger partial charge >= 0.3 is 6.43 Å². The normalized spacial score (nSPS) is 13.1. The summed E-state index contributed by atoms with van der Waals surface area (Å²) in [4.78, 5) is 19.7. The second-order valence-electron chi connectivity index (χ2n) is 6.89. The highest BCUT2D eigenvalue weighted by Crippen LogP contribution is 2.24. The number of aromatic nitrogens is 3. The first kappa shape index (κ1) is 22.3. The Morgan fingerprint density at radius 3 is 2.39 bits per heavy atom. The summed E-state index contributed by atoms with van der Waals surface area (Å²) in [6, 6.07) is 8.80. The van der Waals surface area contributed by atoms with E-state index in [1.165, 1.54) is 0 Å². The number of pyridine rings is 1. The van der Waals surface area contributed by atoms with Gasteiger partial charge in [-0.25, -0.2) is 9.37 Å². The summed E-state index contributed by atoms with van der Waals surface area (Å²) in [5.74, 6) is -0.891. The number of benzene rings is 1. The van der Waals surface area contributed by atoms with Crippen LogP contribution in [0.2, 0.25) is 0 Å². The van der Waals surface area contributed by atoms with E-state index >= 15 is 0 Å². The van der Waals surface area contributed by atoms with Gasteiger partial charge in [0.1, 0.15) is 12.8 Å². The summed E-state index contributed by atoms with van der Waals surface area (Å²) in [5.41, 5.74) is 2.75. The SMILES string of the molecule is Cn1ccnc1NCc1ccc(-c2ccc([C@H](O)[C@@H](CF)NC(=O)C(F)F)cc2)cn1. The molecule has 31 heavy (non-hydrogen) atoms. The van der Waals surface area contributed by atoms with E-state index in [4.69, 9.17) is 0 Å². The lowest BCUT2D eigenvalue weighted by atomic mass is 9.99. The number of imidazole rings is 1. The second kappa shape index (κ2) is 10.1. The van der Waals surface area contributed by atoms with Crippen LogP contribution in [0.5, 0.6) is 0 Å². The van der Waals surface area contributed by atoms with Crippen molar-refractivity contribution in [3.05, 3.63) is 66.2 Å². The Hall–Kier alpha value is -3.40. The van der Waals surface area contributed by atoms with Crippen LogP contribution in [-0.2, 0) is 18.4 Å². The molecule has 0 fully saturated rings. The molecule has 0 bridgehead atoms. The number of aryl methyl sites for hydroxylation is 1. The molecule has 0 saturated carbocycles. The number of alkyl halides is 3. The Labute approximate surface area is 177 Å². The molecule has 7 nitrogen and oxygen atoms in total. The smallest absolute Gasteiger partial charge is 0.315 e. The Balaban J connectivity index is 1.63. The lowest BCUT2D eigenvalue weighted by molar-refractivity contribution is -0.133. The van der Waals surface area contributed by atoms with E-state index in [1.807, 2.05) is 29.9 Å². The van der Waals surface area contributed by atoms with E-state index in [9.17, 15) is 23.1 Å². The van der Waals surface area contributed by atoms with E-state index in [1.54, 1.807) is 42.0 Å². The van der Waals surface area contributed by atoms with Crippen molar-refractivity contribution in [3.8, 4) is 11.1 Å². The summed E-state index contributed by atoms with van der Waals surface area (Å²) in [6.45, 7) is -0.676. The molecule has 3 aromatic rings. The third kappa shape index (κ3) is 5.60. The van der Waals surface area contributed by atoms with Gasteiger partial charge in [0, 0.05) is 31.2 Å². The monoisotopic (exact) mass is 433 g/mol. The van der Waals surface area contributed by atoms with Crippen LogP contribution in [0.4, 0.5) is 19.1 Å². The van der Waals surface area contributed by atoms with Gasteiger partial charge in [0.2, 0.25) is 5.95 Å². The molecule has 164 valence electrons. The zero-order valence-corrected chi connectivity index (χ0v) is 16.7. The molecule has 0 radical (unpaired) electrons. The van der Waals surface area contributed by atoms with Crippen molar-refractivity contribution in [3.63, 3.8) is 0 Å². The number of hydrogen-bond donors (Lipinski definition) is 3. The number of aliphatic hydroxyl groups excluding tert-OH is 1. The van der Waals surface area contributed by atoms with Crippen LogP contribution in [0.25, 0.3) is 11.1 Å². The van der Waals surface area contributed by atoms with Gasteiger partial charge in [0.25, 0.3) is 5.91 Å². The second-order valence-corrected chi connectivity index (χ2v) is 6.89. The molecule has 0 aliphatic heterocycles. The Bertz CT molecular complexity index is 993. The lowest BCUT2D eigenvalue weighted by Gasteiger charge is -2.22. The maximum Gasteiger partial charge on any atom is 0.315 e. The molecule has 0 aliphatic carbocycles. The van der Waals surface area contributed by atoms with E-state index in [2.05, 4.69) is 15.3 Å². The molecule has 0 aliphatic rings. The summed E-state index contributed by atoms with van der Waals surface area (Å²) in [6.07, 6.45) is 0.496. The standard InChI is InChI=1S/C21H22F3N5O2/c1-29-9-8-25-21(29)27-12-16-7-6-15(11-26-16)13-2-4-14(5-3-13)18(30)17(10-22)28-20(31)19(23)24/h2-9,11,17-19,30H,10,12H2,1H3,(H,25,27)(H,28,31)/t17-,18+/m1/s1. The van der Waals surface area contributed by atoms with Crippen LogP contribution in [-0.4, -0.2) is 44.7 Å². The Morgan fingerprint density at radius 2 is 1.84 bits per heavy atom. The van der Waals surface area contributed by atoms with E-state index in [0.29, 0.717) is 12.1 Å². The minimum absolute atomic E-state index is 0.296. The third-order valence-corrected chi connectivity index (χ3v) is 4.73. The predicted molar refractivity (Wildman–Crippen MR) is 109 cm³/mol. The highest BCUT2D eigenvalue weighted by atomic mass is 19.3. The van der Waals surface area contributed by atoms with Crippen molar-refractivity contribution in [2.24, 2.45) is 7.05 Å². The van der Waals surface area contributed by atoms with Gasteiger partial charge in [0.15, 0.2) is 0 Å². The number of nitrogens with one attached hydrogen (secondary N) is 2. The first-order chi connectivity index (χ1) is 14.9. The molecule has 2 aromatic heterocycles. The van der Waals surface area contributed by atoms with Crippen molar-refractivity contribution < 1.29 is 23.1 Å². The number of carbonyl (C=O) groups is 1. The minimum atomic E-state index is -3.28. The van der Waals surface area contributed by atoms with Crippen LogP contribution < -0.4 is 10.6 Å². The third-order valence-electron chi connectivity index (χ3n) is 4.73. The van der Waals surface area contributed by atoms with Crippen molar-refractivity contribution in [1.82, 2.24) is 19.9 Å². The molecule has 1 aromatic carbocycles. The predicted octanol–water partition coefficient (Wildman–Crippen LogP) is 2.85. The molecule has 0 saturated heterocycles. The average Bonchev–Trinajstić information content (AvgIpc) is 3.20. The van der Waals surface area contributed by atoms with Gasteiger partial charge < -0.3 is 20.3 Å². The fourth-order valence-corrected chi connectivity index (χ4v) is 2.96. The van der Waals surface area contributed by atoms with E-state index < -0.39 is 31.2 Å². The maximum absolute atomic E-state index is 13.1. The van der Waals surface area contributed by atoms with Gasteiger partial charge in [-0.3, -0.25) is 9.78 Å². The summed E-state index contributed by atoms with van der Waals surface area (Å²) in [7, 11) is 1.88. The number of anilines is 1. The largest absolute Gasteiger partial charge is 0.386 e. The summed E-state index contributed by atoms with van der Waals surface area (Å²) in [5, 5.41) is 15.2. The first-order valence-corrected chi connectivity index (χ1v) is 9.48. The number of halogens is 3. The molecular weight excluding hydrogens is 411 g/mol. The molecule has 3 N–H and O–H groups in total. The van der Waals surface area contributed by atoms with E-state index in [-0.39, 0.29) is 0 Å². The van der Waals surface area contributed by atoms with Crippen LogP contribution in [0, 0.1) is 0 Å². The quantitative estimate of drug-likeness (QED) is 0.483. The van der Waals surface area contributed by atoms with Gasteiger partial charge in [-0.05, 0) is 17.2 Å². The molecule has 0 unspecified atom stereocenters. The van der Waals surface area contributed by atoms with Crippen molar-refractivity contribution in [1.29, 1.82) is 0 Å². The topological polar surface area (TPSA) is 92.1 Å². The lowest BCUT2D eigenvalue weighted by Crippen LogP contribution is -2.43. The molecule has 2 heterocycles. The van der Waals surface area contributed by atoms with Gasteiger partial charge in [-0.2, -0.15) is 8.78 Å². The number of amides is 1. The van der Waals surface area contributed by atoms with Crippen molar-refractivity contribution in [2.45, 2.75) is 25.1 Å². The first-order valence-electron chi connectivity index (χ1n) is 9.48. The van der Waals surface area contributed by atoms with E-state index in [0.717, 1.165) is 22.8 Å². The number of nitrogens with zero attached hydrogens (tertiary/aromatic N) is 3. The number of hydrogen-bond acceptors (Lipinski definition) is 5. The molecule has 2 atom stereocenters. The highest BCUT2D eigenvalue weighted by molar-refractivity contribution is 5.79. The van der Waals surface area contributed by atoms with Crippen LogP contribution >= 0.6 is 0 Å². The number of aliphatic hydroxyl groups is 1. The fourth-order valence-electron chi connectivity index (χ4n) is 2.96. The number of rotatable bonds is 9. The number of carbonyl (C=O) groups excluding carboxylic acids is 1. The zero-order chi connectivity index (χ0) is 22.4. The van der Waals surface area contributed by atoms with Crippen molar-refractivity contribution in [2.75, 3.05) is 12.0 Å². The molecule has 10 heteroatoms. The van der Waals surface area contributed by atoms with Crippen LogP contribution in [0.15, 0.2) is 55.0 Å². The Kier molecular flexibility index (Phi) is 7.24. The minimum Gasteiger partial charge on any atom is -0.386 e. The Morgan fingerprint density at radius 1 is 1.13 bits per heavy atom. The van der Waals surface area contributed by atoms with Crippen molar-refractivity contribution >= 4 is 11.9 Å². The summed E-state index contributed by atoms with van der Waals surface area (Å²) < 4.78 is 39.7. The fraction of sp³-hybridized carbons (Fsp3) is 0.286. The zero-order valence-electron chi connectivity index (χ0n) is 16.7. The summed E-state index contributed by atoms with van der Waals surface area (Å²) >= 11 is 0. The maximum atomic E-state index is 13.1. The average molecular weight is 433 g/mol. The van der Waals surface area contributed by atoms with Gasteiger partial charge in [-0.15, -0.1) is 0 Å². The molecule has 0 spiro atoms. The highest BCUT2D eigenvalue weighted by Gasteiger charge is 2.26. The molecule has 1 amide bonds. The van der Waals surface area contributed by atoms with Gasteiger partial charge in [0.05, 0.1) is 18.3 Å². The van der Waals surface area contributed by atoms with Gasteiger partial charge in [-0.1, -0.05) is 30.3 Å². The van der Waals surface area contributed by atoms with Crippen LogP contribution in [0.3, 0.4) is 0 Å². The van der Waals surface area contributed by atoms with Crippen LogP contribution in [0.1, 0.15) is 17.4 Å². The molecular formula is C21H22F3N5O2.